The number of carbonyl (C=O) groups excluding carboxylic acids is 1. The van der Waals surface area contributed by atoms with Crippen molar-refractivity contribution in [2.24, 2.45) is 0 Å². The second-order valence-corrected chi connectivity index (χ2v) is 11.2. The monoisotopic (exact) mass is 558 g/mol. The summed E-state index contributed by atoms with van der Waals surface area (Å²) in [5.74, 6) is -0.882. The molecule has 38 heavy (non-hydrogen) atoms. The Hall–Kier alpha value is -3.29. The molecule has 0 saturated heterocycles. The van der Waals surface area contributed by atoms with E-state index in [0.717, 1.165) is 5.56 Å². The maximum absolute atomic E-state index is 14.3. The predicted octanol–water partition coefficient (Wildman–Crippen LogP) is 3.96. The zero-order chi connectivity index (χ0) is 27.1. The number of hydrogen-bond donors (Lipinski definition) is 0. The molecule has 4 aromatic rings. The molecule has 0 spiro atoms. The van der Waals surface area contributed by atoms with Crippen LogP contribution in [0.1, 0.15) is 15.9 Å². The summed E-state index contributed by atoms with van der Waals surface area (Å²) in [6, 6.07) is 14.0. The molecule has 2 aromatic heterocycles. The van der Waals surface area contributed by atoms with Crippen LogP contribution < -0.4 is 4.90 Å². The van der Waals surface area contributed by atoms with E-state index in [0.29, 0.717) is 9.83 Å². The Kier molecular flexibility index (Phi) is 9.13. The number of fused-ring (bicyclic) bond motifs is 1. The van der Waals surface area contributed by atoms with Gasteiger partial charge in [-0.2, -0.15) is 4.31 Å². The van der Waals surface area contributed by atoms with Crippen molar-refractivity contribution in [1.29, 1.82) is 0 Å². The summed E-state index contributed by atoms with van der Waals surface area (Å²) in [6.45, 7) is 0.930. The highest BCUT2D eigenvalue weighted by Crippen LogP contribution is 2.32. The van der Waals surface area contributed by atoms with Gasteiger partial charge in [-0.3, -0.25) is 14.7 Å². The average molecular weight is 559 g/mol. The number of hydrogen-bond acceptors (Lipinski definition) is 8. The van der Waals surface area contributed by atoms with E-state index in [9.17, 15) is 17.6 Å². The van der Waals surface area contributed by atoms with Crippen LogP contribution in [-0.2, 0) is 26.0 Å². The Morgan fingerprint density at radius 1 is 1.00 bits per heavy atom. The second-order valence-electron chi connectivity index (χ2n) is 8.25. The fourth-order valence-electron chi connectivity index (χ4n) is 3.73. The molecule has 0 unspecified atom stereocenters. The molecule has 12 heteroatoms. The highest BCUT2D eigenvalue weighted by atomic mass is 32.2. The first-order valence-corrected chi connectivity index (χ1v) is 13.9. The zero-order valence-electron chi connectivity index (χ0n) is 20.9. The van der Waals surface area contributed by atoms with Crippen molar-refractivity contribution >= 4 is 42.6 Å². The molecular formula is C26H27FN4O5S2. The lowest BCUT2D eigenvalue weighted by molar-refractivity contribution is 0.0985. The van der Waals surface area contributed by atoms with Gasteiger partial charge in [-0.25, -0.2) is 17.8 Å². The number of pyridine rings is 1. The van der Waals surface area contributed by atoms with Crippen LogP contribution in [0, 0.1) is 5.82 Å². The first-order chi connectivity index (χ1) is 18.3. The molecule has 200 valence electrons. The van der Waals surface area contributed by atoms with Gasteiger partial charge in [0.25, 0.3) is 5.91 Å². The van der Waals surface area contributed by atoms with Gasteiger partial charge < -0.3 is 9.47 Å². The summed E-state index contributed by atoms with van der Waals surface area (Å²) < 4.78 is 52.8. The number of halogens is 1. The second kappa shape index (κ2) is 12.5. The van der Waals surface area contributed by atoms with Gasteiger partial charge in [-0.05, 0) is 48.0 Å². The number of nitrogens with zero attached hydrogens (tertiary/aromatic N) is 4. The van der Waals surface area contributed by atoms with Crippen LogP contribution in [0.5, 0.6) is 0 Å². The van der Waals surface area contributed by atoms with Crippen LogP contribution >= 0.6 is 11.3 Å². The summed E-state index contributed by atoms with van der Waals surface area (Å²) in [4.78, 5) is 23.7. The number of rotatable bonds is 12. The van der Waals surface area contributed by atoms with Gasteiger partial charge in [-0.15, -0.1) is 0 Å². The van der Waals surface area contributed by atoms with Crippen LogP contribution in [0.25, 0.3) is 10.2 Å². The minimum absolute atomic E-state index is 0.0436. The number of carbonyl (C=O) groups is 1. The minimum Gasteiger partial charge on any atom is -0.383 e. The molecule has 0 fully saturated rings. The molecule has 0 radical (unpaired) electrons. The number of sulfonamides is 1. The smallest absolute Gasteiger partial charge is 0.260 e. The Morgan fingerprint density at radius 2 is 1.71 bits per heavy atom. The average Bonchev–Trinajstić information content (AvgIpc) is 3.37. The predicted molar refractivity (Wildman–Crippen MR) is 143 cm³/mol. The molecule has 0 bridgehead atoms. The molecular weight excluding hydrogens is 531 g/mol. The number of para-hydroxylation sites is 1. The van der Waals surface area contributed by atoms with Crippen molar-refractivity contribution in [2.75, 3.05) is 45.4 Å². The topological polar surface area (TPSA) is 102 Å². The van der Waals surface area contributed by atoms with E-state index < -0.39 is 21.7 Å². The van der Waals surface area contributed by atoms with Crippen LogP contribution in [0.2, 0.25) is 0 Å². The Morgan fingerprint density at radius 3 is 2.32 bits per heavy atom. The van der Waals surface area contributed by atoms with Gasteiger partial charge in [0.15, 0.2) is 5.13 Å². The molecule has 0 aliphatic carbocycles. The van der Waals surface area contributed by atoms with E-state index in [1.807, 2.05) is 6.07 Å². The molecule has 2 heterocycles. The fourth-order valence-corrected chi connectivity index (χ4v) is 6.12. The molecule has 0 atom stereocenters. The standard InChI is InChI=1S/C26H27FN4O5S2/c1-35-15-13-30(14-16-36-2)38(33,34)21-10-8-20(9-11-21)25(32)31(18-19-5-4-12-28-17-19)26-29-24-22(27)6-3-7-23(24)37-26/h3-12,17H,13-16,18H2,1-2H3. The number of anilines is 1. The van der Waals surface area contributed by atoms with Crippen LogP contribution in [0.3, 0.4) is 0 Å². The van der Waals surface area contributed by atoms with Gasteiger partial charge in [0.1, 0.15) is 11.3 Å². The van der Waals surface area contributed by atoms with Crippen LogP contribution in [-0.4, -0.2) is 69.1 Å². The normalized spacial score (nSPS) is 11.8. The van der Waals surface area contributed by atoms with Crippen molar-refractivity contribution in [1.82, 2.24) is 14.3 Å². The fraction of sp³-hybridized carbons (Fsp3) is 0.269. The van der Waals surface area contributed by atoms with E-state index in [1.54, 1.807) is 30.6 Å². The number of amides is 1. The van der Waals surface area contributed by atoms with E-state index in [4.69, 9.17) is 9.47 Å². The molecule has 0 saturated carbocycles. The number of methoxy groups -OCH3 is 2. The Bertz CT molecular complexity index is 1470. The number of ether oxygens (including phenoxy) is 2. The van der Waals surface area contributed by atoms with Gasteiger partial charge in [0, 0.05) is 45.3 Å². The Labute approximate surface area is 224 Å². The number of benzene rings is 2. The molecule has 4 rings (SSSR count). The van der Waals surface area contributed by atoms with Crippen molar-refractivity contribution in [3.05, 3.63) is 83.9 Å². The molecule has 2 aromatic carbocycles. The van der Waals surface area contributed by atoms with Gasteiger partial charge in [-0.1, -0.05) is 23.5 Å². The first kappa shape index (κ1) is 27.7. The third-order valence-electron chi connectivity index (χ3n) is 5.73. The summed E-state index contributed by atoms with van der Waals surface area (Å²) in [7, 11) is -0.846. The van der Waals surface area contributed by atoms with Crippen molar-refractivity contribution in [2.45, 2.75) is 11.4 Å². The number of aromatic nitrogens is 2. The van der Waals surface area contributed by atoms with Crippen LogP contribution in [0.15, 0.2) is 71.9 Å². The van der Waals surface area contributed by atoms with Crippen molar-refractivity contribution < 1.29 is 27.1 Å². The van der Waals surface area contributed by atoms with Gasteiger partial charge in [0.2, 0.25) is 10.0 Å². The largest absolute Gasteiger partial charge is 0.383 e. The molecule has 0 aliphatic heterocycles. The molecule has 0 aliphatic rings. The Balaban J connectivity index is 1.65. The molecule has 1 amide bonds. The van der Waals surface area contributed by atoms with E-state index in [2.05, 4.69) is 9.97 Å². The first-order valence-electron chi connectivity index (χ1n) is 11.7. The van der Waals surface area contributed by atoms with E-state index >= 15 is 0 Å². The quantitative estimate of drug-likeness (QED) is 0.259. The maximum atomic E-state index is 14.3. The van der Waals surface area contributed by atoms with E-state index in [-0.39, 0.29) is 48.8 Å². The summed E-state index contributed by atoms with van der Waals surface area (Å²) in [5, 5.41) is 0.320. The third kappa shape index (κ3) is 6.22. The lowest BCUT2D eigenvalue weighted by Gasteiger charge is -2.22. The summed E-state index contributed by atoms with van der Waals surface area (Å²) in [6.07, 6.45) is 3.27. The minimum atomic E-state index is -3.84. The highest BCUT2D eigenvalue weighted by molar-refractivity contribution is 7.89. The maximum Gasteiger partial charge on any atom is 0.260 e. The molecule has 0 N–H and O–H groups in total. The zero-order valence-corrected chi connectivity index (χ0v) is 22.5. The summed E-state index contributed by atoms with van der Waals surface area (Å²) >= 11 is 1.20. The van der Waals surface area contributed by atoms with Crippen LogP contribution in [0.4, 0.5) is 9.52 Å². The SMILES string of the molecule is COCCN(CCOC)S(=O)(=O)c1ccc(C(=O)N(Cc2cccnc2)c2nc3c(F)cccc3s2)cc1. The lowest BCUT2D eigenvalue weighted by atomic mass is 10.2. The summed E-state index contributed by atoms with van der Waals surface area (Å²) in [5.41, 5.74) is 1.20. The van der Waals surface area contributed by atoms with Gasteiger partial charge in [0.05, 0.1) is 29.4 Å². The van der Waals surface area contributed by atoms with Crippen molar-refractivity contribution in [3.8, 4) is 0 Å². The molecule has 9 nitrogen and oxygen atoms in total. The van der Waals surface area contributed by atoms with Gasteiger partial charge >= 0.3 is 0 Å². The highest BCUT2D eigenvalue weighted by Gasteiger charge is 2.26. The number of thiazole rings is 1. The third-order valence-corrected chi connectivity index (χ3v) is 8.68. The van der Waals surface area contributed by atoms with E-state index in [1.165, 1.54) is 65.1 Å². The lowest BCUT2D eigenvalue weighted by Crippen LogP contribution is -2.36. The van der Waals surface area contributed by atoms with Crippen molar-refractivity contribution in [3.63, 3.8) is 0 Å².